The molecule has 2 saturated heterocycles. The zero-order chi connectivity index (χ0) is 22.4. The Hall–Kier alpha value is -2.32. The fraction of sp³-hybridized carbons (Fsp3) is 0.636. The van der Waals surface area contributed by atoms with Crippen LogP contribution in [-0.2, 0) is 28.7 Å². The topological polar surface area (TPSA) is 93.2 Å². The third-order valence-electron chi connectivity index (χ3n) is 5.32. The van der Waals surface area contributed by atoms with Crippen LogP contribution in [-0.4, -0.2) is 71.4 Å². The SMILES string of the molecule is C=C1CC(=O)N(C(C)COCCCCC(C)OCC(C)N2C(=O)CC(=C)C2=O)C1=O. The van der Waals surface area contributed by atoms with Crippen molar-refractivity contribution in [3.63, 3.8) is 0 Å². The Morgan fingerprint density at radius 3 is 1.80 bits per heavy atom. The lowest BCUT2D eigenvalue weighted by atomic mass is 10.2. The smallest absolute Gasteiger partial charge is 0.256 e. The minimum atomic E-state index is -0.316. The number of hydrogen-bond donors (Lipinski definition) is 0. The Bertz CT molecular complexity index is 731. The predicted molar refractivity (Wildman–Crippen MR) is 110 cm³/mol. The van der Waals surface area contributed by atoms with Gasteiger partial charge in [-0.05, 0) is 40.0 Å². The van der Waals surface area contributed by atoms with Gasteiger partial charge in [-0.25, -0.2) is 0 Å². The maximum absolute atomic E-state index is 11.9. The Labute approximate surface area is 177 Å². The van der Waals surface area contributed by atoms with E-state index in [2.05, 4.69) is 13.2 Å². The first kappa shape index (κ1) is 24.0. The number of ether oxygens (including phenoxy) is 2. The Balaban J connectivity index is 1.56. The minimum absolute atomic E-state index is 0.00626. The number of nitrogens with zero attached hydrogens (tertiary/aromatic N) is 2. The lowest BCUT2D eigenvalue weighted by Gasteiger charge is -2.24. The zero-order valence-corrected chi connectivity index (χ0v) is 18.1. The van der Waals surface area contributed by atoms with Gasteiger partial charge in [-0.1, -0.05) is 13.2 Å². The zero-order valence-electron chi connectivity index (χ0n) is 18.1. The fourth-order valence-electron chi connectivity index (χ4n) is 3.57. The van der Waals surface area contributed by atoms with Gasteiger partial charge < -0.3 is 9.47 Å². The van der Waals surface area contributed by atoms with E-state index in [1.54, 1.807) is 13.8 Å². The summed E-state index contributed by atoms with van der Waals surface area (Å²) in [5.41, 5.74) is 0.663. The van der Waals surface area contributed by atoms with E-state index in [9.17, 15) is 19.2 Å². The molecule has 2 rings (SSSR count). The van der Waals surface area contributed by atoms with Crippen molar-refractivity contribution in [3.8, 4) is 0 Å². The molecule has 3 atom stereocenters. The third-order valence-corrected chi connectivity index (χ3v) is 5.32. The highest BCUT2D eigenvalue weighted by Gasteiger charge is 2.36. The van der Waals surface area contributed by atoms with Gasteiger partial charge in [0.1, 0.15) is 0 Å². The molecule has 2 heterocycles. The van der Waals surface area contributed by atoms with Crippen molar-refractivity contribution < 1.29 is 28.7 Å². The lowest BCUT2D eigenvalue weighted by molar-refractivity contribution is -0.143. The third kappa shape index (κ3) is 5.86. The van der Waals surface area contributed by atoms with E-state index in [0.717, 1.165) is 19.3 Å². The van der Waals surface area contributed by atoms with Gasteiger partial charge in [-0.3, -0.25) is 29.0 Å². The number of rotatable bonds is 12. The molecule has 0 saturated carbocycles. The number of amides is 4. The Morgan fingerprint density at radius 1 is 0.833 bits per heavy atom. The molecule has 0 aromatic rings. The number of likely N-dealkylation sites (tertiary alicyclic amines) is 2. The van der Waals surface area contributed by atoms with Crippen molar-refractivity contribution in [1.82, 2.24) is 9.80 Å². The lowest BCUT2D eigenvalue weighted by Crippen LogP contribution is -2.41. The maximum Gasteiger partial charge on any atom is 0.256 e. The van der Waals surface area contributed by atoms with Crippen LogP contribution in [0.1, 0.15) is 52.9 Å². The Kier molecular flexibility index (Phi) is 8.49. The quantitative estimate of drug-likeness (QED) is 0.272. The molecule has 0 aliphatic carbocycles. The number of hydrogen-bond acceptors (Lipinski definition) is 6. The van der Waals surface area contributed by atoms with Crippen molar-refractivity contribution in [3.05, 3.63) is 24.3 Å². The average Bonchev–Trinajstić information content (AvgIpc) is 3.08. The van der Waals surface area contributed by atoms with E-state index >= 15 is 0 Å². The molecule has 8 heteroatoms. The highest BCUT2D eigenvalue weighted by atomic mass is 16.5. The first-order valence-electron chi connectivity index (χ1n) is 10.4. The van der Waals surface area contributed by atoms with E-state index in [0.29, 0.717) is 31.0 Å². The van der Waals surface area contributed by atoms with Crippen molar-refractivity contribution in [2.75, 3.05) is 19.8 Å². The van der Waals surface area contributed by atoms with Gasteiger partial charge in [0.15, 0.2) is 0 Å². The standard InChI is InChI=1S/C22H32N2O6/c1-14-10-19(25)23(21(14)27)16(3)12-29-9-7-6-8-18(5)30-13-17(4)24-20(26)11-15(2)22(24)28/h16-18H,1-2,6-13H2,3-5H3. The molecule has 0 bridgehead atoms. The van der Waals surface area contributed by atoms with Crippen LogP contribution in [0.4, 0.5) is 0 Å². The summed E-state index contributed by atoms with van der Waals surface area (Å²) in [6.45, 7) is 13.9. The van der Waals surface area contributed by atoms with E-state index < -0.39 is 0 Å². The molecule has 0 aromatic heterocycles. The summed E-state index contributed by atoms with van der Waals surface area (Å²) in [6.07, 6.45) is 2.71. The van der Waals surface area contributed by atoms with Gasteiger partial charge in [0.2, 0.25) is 11.8 Å². The molecule has 2 aliphatic rings. The van der Waals surface area contributed by atoms with E-state index in [1.807, 2.05) is 6.92 Å². The second kappa shape index (κ2) is 10.6. The molecule has 166 valence electrons. The summed E-state index contributed by atoms with van der Waals surface area (Å²) in [5, 5.41) is 0. The largest absolute Gasteiger partial charge is 0.379 e. The van der Waals surface area contributed by atoms with Crippen LogP contribution in [0.5, 0.6) is 0 Å². The summed E-state index contributed by atoms with van der Waals surface area (Å²) in [4.78, 5) is 50.0. The number of carbonyl (C=O) groups excluding carboxylic acids is 4. The average molecular weight is 421 g/mol. The van der Waals surface area contributed by atoms with Gasteiger partial charge in [0.05, 0.1) is 44.2 Å². The summed E-state index contributed by atoms with van der Waals surface area (Å²) in [6, 6.07) is -0.622. The van der Waals surface area contributed by atoms with Crippen LogP contribution >= 0.6 is 0 Å². The van der Waals surface area contributed by atoms with Crippen LogP contribution in [0.2, 0.25) is 0 Å². The first-order chi connectivity index (χ1) is 14.1. The van der Waals surface area contributed by atoms with Crippen LogP contribution in [0.15, 0.2) is 24.3 Å². The minimum Gasteiger partial charge on any atom is -0.379 e. The van der Waals surface area contributed by atoms with Crippen LogP contribution in [0, 0.1) is 0 Å². The molecule has 0 spiro atoms. The van der Waals surface area contributed by atoms with Gasteiger partial charge in [0, 0.05) is 17.8 Å². The molecule has 0 aromatic carbocycles. The van der Waals surface area contributed by atoms with Crippen LogP contribution < -0.4 is 0 Å². The number of imide groups is 2. The highest BCUT2D eigenvalue weighted by molar-refractivity contribution is 6.13. The molecule has 2 fully saturated rings. The fourth-order valence-corrected chi connectivity index (χ4v) is 3.57. The van der Waals surface area contributed by atoms with Crippen molar-refractivity contribution in [1.29, 1.82) is 0 Å². The van der Waals surface area contributed by atoms with Gasteiger partial charge in [-0.15, -0.1) is 0 Å². The Morgan fingerprint density at radius 2 is 1.33 bits per heavy atom. The monoisotopic (exact) mass is 420 g/mol. The second-order valence-corrected chi connectivity index (χ2v) is 8.11. The normalized spacial score (nSPS) is 20.5. The summed E-state index contributed by atoms with van der Waals surface area (Å²) < 4.78 is 11.4. The molecule has 0 N–H and O–H groups in total. The molecular weight excluding hydrogens is 388 g/mol. The number of unbranched alkanes of at least 4 members (excludes halogenated alkanes) is 1. The van der Waals surface area contributed by atoms with Crippen molar-refractivity contribution in [2.24, 2.45) is 0 Å². The summed E-state index contributed by atoms with van der Waals surface area (Å²) in [7, 11) is 0. The van der Waals surface area contributed by atoms with E-state index in [-0.39, 0.29) is 54.7 Å². The first-order valence-corrected chi connectivity index (χ1v) is 10.4. The van der Waals surface area contributed by atoms with Crippen LogP contribution in [0.25, 0.3) is 0 Å². The molecule has 4 amide bonds. The maximum atomic E-state index is 11.9. The molecule has 8 nitrogen and oxygen atoms in total. The van der Waals surface area contributed by atoms with Crippen molar-refractivity contribution >= 4 is 23.6 Å². The van der Waals surface area contributed by atoms with E-state index in [4.69, 9.17) is 9.47 Å². The number of carbonyl (C=O) groups is 4. The van der Waals surface area contributed by atoms with E-state index in [1.165, 1.54) is 9.80 Å². The van der Waals surface area contributed by atoms with Crippen molar-refractivity contribution in [2.45, 2.75) is 71.1 Å². The van der Waals surface area contributed by atoms with Crippen LogP contribution in [0.3, 0.4) is 0 Å². The molecule has 2 aliphatic heterocycles. The van der Waals surface area contributed by atoms with Gasteiger partial charge in [0.25, 0.3) is 11.8 Å². The molecule has 3 unspecified atom stereocenters. The second-order valence-electron chi connectivity index (χ2n) is 8.11. The summed E-state index contributed by atoms with van der Waals surface area (Å²) >= 11 is 0. The molecule has 30 heavy (non-hydrogen) atoms. The molecule has 0 radical (unpaired) electrons. The summed E-state index contributed by atoms with van der Waals surface area (Å²) in [5.74, 6) is -1.06. The highest BCUT2D eigenvalue weighted by Crippen LogP contribution is 2.21. The predicted octanol–water partition coefficient (Wildman–Crippen LogP) is 1.99. The van der Waals surface area contributed by atoms with Gasteiger partial charge >= 0.3 is 0 Å². The van der Waals surface area contributed by atoms with Gasteiger partial charge in [-0.2, -0.15) is 0 Å². The molecular formula is C22H32N2O6.